The number of nitrogens with one attached hydrogen (secondary N) is 1. The van der Waals surface area contributed by atoms with E-state index in [1.165, 1.54) is 0 Å². The Morgan fingerprint density at radius 1 is 1.22 bits per heavy atom. The highest BCUT2D eigenvalue weighted by Gasteiger charge is 2.01. The van der Waals surface area contributed by atoms with Gasteiger partial charge in [-0.3, -0.25) is 0 Å². The van der Waals surface area contributed by atoms with Gasteiger partial charge in [0.25, 0.3) is 0 Å². The summed E-state index contributed by atoms with van der Waals surface area (Å²) >= 11 is 5.92. The van der Waals surface area contributed by atoms with Crippen LogP contribution in [0.2, 0.25) is 5.02 Å². The van der Waals surface area contributed by atoms with Crippen LogP contribution in [0.25, 0.3) is 6.08 Å². The molecule has 0 spiro atoms. The number of nitrogen functional groups attached to an aromatic ring is 1. The van der Waals surface area contributed by atoms with Crippen molar-refractivity contribution in [3.63, 3.8) is 0 Å². The first kappa shape index (κ1) is 16.9. The number of rotatable bonds is 6. The second kappa shape index (κ2) is 8.86. The van der Waals surface area contributed by atoms with Gasteiger partial charge in [-0.2, -0.15) is 0 Å². The third-order valence-corrected chi connectivity index (χ3v) is 3.37. The fourth-order valence-electron chi connectivity index (χ4n) is 1.93. The smallest absolute Gasteiger partial charge is 0.407 e. The molecule has 0 aliphatic rings. The summed E-state index contributed by atoms with van der Waals surface area (Å²) in [5.74, 6) is 0. The molecule has 0 fully saturated rings. The number of hydrogen-bond donors (Lipinski definition) is 2. The summed E-state index contributed by atoms with van der Waals surface area (Å²) < 4.78 is 5.12. The van der Waals surface area contributed by atoms with Crippen molar-refractivity contribution < 1.29 is 9.53 Å². The number of anilines is 1. The van der Waals surface area contributed by atoms with Crippen LogP contribution in [0, 0.1) is 0 Å². The summed E-state index contributed by atoms with van der Waals surface area (Å²) in [5.41, 5.74) is 8.34. The van der Waals surface area contributed by atoms with Gasteiger partial charge in [0.2, 0.25) is 0 Å². The highest BCUT2D eigenvalue weighted by Crippen LogP contribution is 2.19. The molecule has 4 nitrogen and oxygen atoms in total. The third-order valence-electron chi connectivity index (χ3n) is 3.14. The number of ether oxygens (including phenoxy) is 1. The van der Waals surface area contributed by atoms with Crippen molar-refractivity contribution >= 4 is 29.5 Å². The van der Waals surface area contributed by atoms with Gasteiger partial charge in [-0.05, 0) is 35.7 Å². The van der Waals surface area contributed by atoms with Gasteiger partial charge in [-0.25, -0.2) is 4.79 Å². The van der Waals surface area contributed by atoms with Crippen LogP contribution in [0.5, 0.6) is 0 Å². The molecule has 2 aromatic rings. The van der Waals surface area contributed by atoms with E-state index in [-0.39, 0.29) is 6.61 Å². The highest BCUT2D eigenvalue weighted by molar-refractivity contribution is 6.30. The summed E-state index contributed by atoms with van der Waals surface area (Å²) in [6.07, 6.45) is 4.06. The molecule has 0 bridgehead atoms. The molecule has 23 heavy (non-hydrogen) atoms. The van der Waals surface area contributed by atoms with E-state index in [9.17, 15) is 4.79 Å². The summed E-state index contributed by atoms with van der Waals surface area (Å²) in [7, 11) is 0. The van der Waals surface area contributed by atoms with Crippen LogP contribution < -0.4 is 11.1 Å². The van der Waals surface area contributed by atoms with Gasteiger partial charge in [-0.15, -0.1) is 0 Å². The van der Waals surface area contributed by atoms with Crippen LogP contribution in [0.4, 0.5) is 10.5 Å². The SMILES string of the molecule is Nc1ccc(Cl)cc1C=CCCNC(=O)OCc1ccccc1. The topological polar surface area (TPSA) is 64.3 Å². The molecule has 0 atom stereocenters. The van der Waals surface area contributed by atoms with Gasteiger partial charge in [-0.1, -0.05) is 54.1 Å². The lowest BCUT2D eigenvalue weighted by Gasteiger charge is -2.06. The standard InChI is InChI=1S/C18H19ClN2O2/c19-16-9-10-17(20)15(12-16)8-4-5-11-21-18(22)23-13-14-6-2-1-3-7-14/h1-4,6-10,12H,5,11,13,20H2,(H,21,22). The number of hydrogen-bond acceptors (Lipinski definition) is 3. The Morgan fingerprint density at radius 3 is 2.78 bits per heavy atom. The first-order valence-corrected chi connectivity index (χ1v) is 7.69. The molecule has 0 saturated carbocycles. The van der Waals surface area contributed by atoms with Crippen LogP contribution in [0.3, 0.4) is 0 Å². The molecule has 2 rings (SSSR count). The maximum absolute atomic E-state index is 11.6. The number of benzene rings is 2. The number of amides is 1. The number of carbonyl (C=O) groups excluding carboxylic acids is 1. The molecule has 0 aromatic heterocycles. The number of halogens is 1. The molecular formula is C18H19ClN2O2. The predicted octanol–water partition coefficient (Wildman–Crippen LogP) is 4.25. The van der Waals surface area contributed by atoms with E-state index in [2.05, 4.69) is 5.32 Å². The Balaban J connectivity index is 1.67. The van der Waals surface area contributed by atoms with Gasteiger partial charge < -0.3 is 15.8 Å². The number of carbonyl (C=O) groups is 1. The fraction of sp³-hybridized carbons (Fsp3) is 0.167. The van der Waals surface area contributed by atoms with Gasteiger partial charge in [0, 0.05) is 17.3 Å². The van der Waals surface area contributed by atoms with E-state index in [4.69, 9.17) is 22.1 Å². The third kappa shape index (κ3) is 6.04. The largest absolute Gasteiger partial charge is 0.445 e. The van der Waals surface area contributed by atoms with E-state index in [0.717, 1.165) is 11.1 Å². The monoisotopic (exact) mass is 330 g/mol. The van der Waals surface area contributed by atoms with Gasteiger partial charge >= 0.3 is 6.09 Å². The maximum atomic E-state index is 11.6. The Kier molecular flexibility index (Phi) is 6.51. The maximum Gasteiger partial charge on any atom is 0.407 e. The minimum atomic E-state index is -0.426. The second-order valence-corrected chi connectivity index (χ2v) is 5.39. The molecular weight excluding hydrogens is 312 g/mol. The molecule has 0 saturated heterocycles. The lowest BCUT2D eigenvalue weighted by Crippen LogP contribution is -2.24. The average molecular weight is 331 g/mol. The summed E-state index contributed by atoms with van der Waals surface area (Å²) in [5, 5.41) is 3.34. The van der Waals surface area contributed by atoms with Gasteiger partial charge in [0.15, 0.2) is 0 Å². The fourth-order valence-corrected chi connectivity index (χ4v) is 2.11. The molecule has 0 aliphatic carbocycles. The lowest BCUT2D eigenvalue weighted by molar-refractivity contribution is 0.140. The Morgan fingerprint density at radius 2 is 2.00 bits per heavy atom. The van der Waals surface area contributed by atoms with Crippen molar-refractivity contribution in [2.75, 3.05) is 12.3 Å². The van der Waals surface area contributed by atoms with E-state index < -0.39 is 6.09 Å². The molecule has 0 aliphatic heterocycles. The normalized spacial score (nSPS) is 10.7. The predicted molar refractivity (Wildman–Crippen MR) is 94.1 cm³/mol. The van der Waals surface area contributed by atoms with Crippen molar-refractivity contribution in [3.8, 4) is 0 Å². The minimum Gasteiger partial charge on any atom is -0.445 e. The second-order valence-electron chi connectivity index (χ2n) is 4.95. The van der Waals surface area contributed by atoms with E-state index in [1.54, 1.807) is 18.2 Å². The Labute approximate surface area is 140 Å². The first-order valence-electron chi connectivity index (χ1n) is 7.31. The summed E-state index contributed by atoms with van der Waals surface area (Å²) in [6.45, 7) is 0.756. The van der Waals surface area contributed by atoms with Crippen molar-refractivity contribution in [2.45, 2.75) is 13.0 Å². The first-order chi connectivity index (χ1) is 11.1. The zero-order chi connectivity index (χ0) is 16.5. The zero-order valence-electron chi connectivity index (χ0n) is 12.7. The van der Waals surface area contributed by atoms with Gasteiger partial charge in [0.1, 0.15) is 6.61 Å². The minimum absolute atomic E-state index is 0.265. The van der Waals surface area contributed by atoms with E-state index in [1.807, 2.05) is 42.5 Å². The van der Waals surface area contributed by atoms with Crippen molar-refractivity contribution in [2.24, 2.45) is 0 Å². The quantitative estimate of drug-likeness (QED) is 0.614. The molecule has 1 amide bonds. The van der Waals surface area contributed by atoms with Crippen LogP contribution in [0.1, 0.15) is 17.5 Å². The highest BCUT2D eigenvalue weighted by atomic mass is 35.5. The summed E-state index contributed by atoms with van der Waals surface area (Å²) in [4.78, 5) is 11.6. The van der Waals surface area contributed by atoms with Crippen molar-refractivity contribution in [3.05, 3.63) is 70.8 Å². The molecule has 3 N–H and O–H groups in total. The molecule has 0 heterocycles. The van der Waals surface area contributed by atoms with Crippen molar-refractivity contribution in [1.82, 2.24) is 5.32 Å². The van der Waals surface area contributed by atoms with Crippen LogP contribution in [0.15, 0.2) is 54.6 Å². The van der Waals surface area contributed by atoms with Crippen molar-refractivity contribution in [1.29, 1.82) is 0 Å². The van der Waals surface area contributed by atoms with E-state index >= 15 is 0 Å². The summed E-state index contributed by atoms with van der Waals surface area (Å²) in [6, 6.07) is 14.9. The molecule has 120 valence electrons. The van der Waals surface area contributed by atoms with Crippen LogP contribution >= 0.6 is 11.6 Å². The van der Waals surface area contributed by atoms with E-state index in [0.29, 0.717) is 23.7 Å². The average Bonchev–Trinajstić information content (AvgIpc) is 2.56. The van der Waals surface area contributed by atoms with Crippen LogP contribution in [-0.4, -0.2) is 12.6 Å². The zero-order valence-corrected chi connectivity index (χ0v) is 13.4. The Hall–Kier alpha value is -2.46. The molecule has 0 radical (unpaired) electrons. The number of nitrogens with two attached hydrogens (primary N) is 1. The number of alkyl carbamates (subject to hydrolysis) is 1. The van der Waals surface area contributed by atoms with Gasteiger partial charge in [0.05, 0.1) is 0 Å². The molecule has 2 aromatic carbocycles. The Bertz CT molecular complexity index is 672. The molecule has 5 heteroatoms. The lowest BCUT2D eigenvalue weighted by atomic mass is 10.1. The molecule has 0 unspecified atom stereocenters. The van der Waals surface area contributed by atoms with Crippen LogP contribution in [-0.2, 0) is 11.3 Å².